The Kier molecular flexibility index (Phi) is 3.33. The van der Waals surface area contributed by atoms with Crippen molar-refractivity contribution in [1.29, 1.82) is 0 Å². The zero-order chi connectivity index (χ0) is 14.2. The molecular formula is C16H20N2O. The molecule has 0 aliphatic heterocycles. The van der Waals surface area contributed by atoms with Crippen LogP contribution in [0.3, 0.4) is 0 Å². The lowest BCUT2D eigenvalue weighted by Gasteiger charge is -2.18. The molecule has 0 saturated carbocycles. The fourth-order valence-electron chi connectivity index (χ4n) is 2.25. The number of aromatic nitrogens is 1. The summed E-state index contributed by atoms with van der Waals surface area (Å²) < 4.78 is 0. The summed E-state index contributed by atoms with van der Waals surface area (Å²) in [6, 6.07) is 9.91. The highest BCUT2D eigenvalue weighted by atomic mass is 16.1. The van der Waals surface area contributed by atoms with Gasteiger partial charge in [-0.2, -0.15) is 0 Å². The third-order valence-corrected chi connectivity index (χ3v) is 3.28. The maximum Gasteiger partial charge on any atom is 0.253 e. The van der Waals surface area contributed by atoms with Gasteiger partial charge in [0, 0.05) is 22.4 Å². The van der Waals surface area contributed by atoms with E-state index in [1.54, 1.807) is 0 Å². The predicted octanol–water partition coefficient (Wildman–Crippen LogP) is 2.85. The second-order valence-corrected chi connectivity index (χ2v) is 5.65. The number of H-pyrrole nitrogens is 1. The topological polar surface area (TPSA) is 58.9 Å². The maximum absolute atomic E-state index is 12.1. The fourth-order valence-corrected chi connectivity index (χ4v) is 2.25. The maximum atomic E-state index is 12.1. The van der Waals surface area contributed by atoms with Crippen molar-refractivity contribution in [3.63, 3.8) is 0 Å². The minimum absolute atomic E-state index is 0.120. The van der Waals surface area contributed by atoms with E-state index in [1.807, 2.05) is 45.0 Å². The molecule has 19 heavy (non-hydrogen) atoms. The molecule has 2 rings (SSSR count). The van der Waals surface area contributed by atoms with E-state index in [1.165, 1.54) is 5.56 Å². The number of rotatable bonds is 2. The summed E-state index contributed by atoms with van der Waals surface area (Å²) in [5, 5.41) is 0. The Morgan fingerprint density at radius 2 is 1.79 bits per heavy atom. The van der Waals surface area contributed by atoms with Crippen LogP contribution in [0.1, 0.15) is 30.5 Å². The average Bonchev–Trinajstić information content (AvgIpc) is 2.26. The van der Waals surface area contributed by atoms with Crippen molar-refractivity contribution in [1.82, 2.24) is 4.98 Å². The number of pyridine rings is 1. The average molecular weight is 256 g/mol. The first-order valence-corrected chi connectivity index (χ1v) is 6.39. The Labute approximate surface area is 113 Å². The van der Waals surface area contributed by atoms with Crippen LogP contribution in [-0.4, -0.2) is 4.98 Å². The summed E-state index contributed by atoms with van der Waals surface area (Å²) in [4.78, 5) is 15.0. The molecule has 3 N–H and O–H groups in total. The Bertz CT molecular complexity index is 663. The number of nitrogens with two attached hydrogens (primary N) is 1. The highest BCUT2D eigenvalue weighted by Gasteiger charge is 2.18. The first-order chi connectivity index (χ1) is 8.79. The molecule has 0 fully saturated rings. The van der Waals surface area contributed by atoms with Gasteiger partial charge in [0.2, 0.25) is 0 Å². The summed E-state index contributed by atoms with van der Waals surface area (Å²) in [5.41, 5.74) is 10.1. The van der Waals surface area contributed by atoms with E-state index in [0.29, 0.717) is 5.56 Å². The molecule has 0 aliphatic rings. The minimum Gasteiger partial charge on any atom is -0.322 e. The largest absolute Gasteiger partial charge is 0.322 e. The molecule has 0 spiro atoms. The number of hydrogen-bond acceptors (Lipinski definition) is 2. The molecule has 0 amide bonds. The van der Waals surface area contributed by atoms with Crippen molar-refractivity contribution in [2.75, 3.05) is 0 Å². The first kappa shape index (κ1) is 13.6. The lowest BCUT2D eigenvalue weighted by Crippen LogP contribution is -2.35. The van der Waals surface area contributed by atoms with Gasteiger partial charge in [-0.15, -0.1) is 0 Å². The van der Waals surface area contributed by atoms with Gasteiger partial charge in [0.15, 0.2) is 0 Å². The van der Waals surface area contributed by atoms with E-state index in [4.69, 9.17) is 5.73 Å². The van der Waals surface area contributed by atoms with Crippen LogP contribution in [0.5, 0.6) is 0 Å². The van der Waals surface area contributed by atoms with Crippen molar-refractivity contribution in [3.8, 4) is 11.3 Å². The fraction of sp³-hybridized carbons (Fsp3) is 0.312. The molecule has 1 heterocycles. The van der Waals surface area contributed by atoms with Crippen molar-refractivity contribution in [3.05, 3.63) is 57.4 Å². The molecule has 1 aromatic heterocycles. The van der Waals surface area contributed by atoms with E-state index in [2.05, 4.69) is 18.0 Å². The highest BCUT2D eigenvalue weighted by Crippen LogP contribution is 2.22. The molecule has 1 aromatic carbocycles. The number of benzene rings is 1. The van der Waals surface area contributed by atoms with Crippen molar-refractivity contribution < 1.29 is 0 Å². The minimum atomic E-state index is -0.631. The summed E-state index contributed by atoms with van der Waals surface area (Å²) in [7, 11) is 0. The van der Waals surface area contributed by atoms with Gasteiger partial charge in [-0.3, -0.25) is 4.79 Å². The van der Waals surface area contributed by atoms with Crippen LogP contribution >= 0.6 is 0 Å². The molecule has 0 atom stereocenters. The van der Waals surface area contributed by atoms with Gasteiger partial charge in [-0.05, 0) is 45.4 Å². The molecule has 0 bridgehead atoms. The second kappa shape index (κ2) is 4.67. The van der Waals surface area contributed by atoms with Crippen molar-refractivity contribution >= 4 is 0 Å². The monoisotopic (exact) mass is 256 g/mol. The number of hydrogen-bond donors (Lipinski definition) is 2. The molecule has 100 valence electrons. The molecule has 2 aromatic rings. The van der Waals surface area contributed by atoms with Gasteiger partial charge in [0.25, 0.3) is 5.56 Å². The van der Waals surface area contributed by atoms with Crippen LogP contribution in [-0.2, 0) is 5.54 Å². The quantitative estimate of drug-likeness (QED) is 0.868. The van der Waals surface area contributed by atoms with Crippen LogP contribution < -0.4 is 11.3 Å². The highest BCUT2D eigenvalue weighted by molar-refractivity contribution is 5.64. The standard InChI is InChI=1S/C16H20N2O/c1-10-5-6-12(11(2)9-10)14-8-7-13(15(19)18-14)16(3,4)17/h5-9H,17H2,1-4H3,(H,18,19). The number of aromatic amines is 1. The molecule has 3 heteroatoms. The molecule has 0 aliphatic carbocycles. The summed E-state index contributed by atoms with van der Waals surface area (Å²) in [6.45, 7) is 7.75. The first-order valence-electron chi connectivity index (χ1n) is 6.39. The Balaban J connectivity index is 2.54. The van der Waals surface area contributed by atoms with Crippen LogP contribution in [0.25, 0.3) is 11.3 Å². The van der Waals surface area contributed by atoms with E-state index in [9.17, 15) is 4.79 Å². The number of nitrogens with one attached hydrogen (secondary N) is 1. The molecule has 0 saturated heterocycles. The summed E-state index contributed by atoms with van der Waals surface area (Å²) >= 11 is 0. The van der Waals surface area contributed by atoms with Crippen LogP contribution in [0.15, 0.2) is 35.1 Å². The zero-order valence-electron chi connectivity index (χ0n) is 11.9. The second-order valence-electron chi connectivity index (χ2n) is 5.65. The van der Waals surface area contributed by atoms with E-state index < -0.39 is 5.54 Å². The van der Waals surface area contributed by atoms with Gasteiger partial charge in [-0.1, -0.05) is 23.8 Å². The van der Waals surface area contributed by atoms with E-state index >= 15 is 0 Å². The van der Waals surface area contributed by atoms with Gasteiger partial charge < -0.3 is 10.7 Å². The number of aryl methyl sites for hydroxylation is 2. The SMILES string of the molecule is Cc1ccc(-c2ccc(C(C)(C)N)c(=O)[nH]2)c(C)c1. The molecule has 0 unspecified atom stereocenters. The summed E-state index contributed by atoms with van der Waals surface area (Å²) in [6.07, 6.45) is 0. The zero-order valence-corrected chi connectivity index (χ0v) is 11.9. The van der Waals surface area contributed by atoms with E-state index in [-0.39, 0.29) is 5.56 Å². The third-order valence-electron chi connectivity index (χ3n) is 3.28. The summed E-state index contributed by atoms with van der Waals surface area (Å²) in [5.74, 6) is 0. The predicted molar refractivity (Wildman–Crippen MR) is 79.2 cm³/mol. The van der Waals surface area contributed by atoms with Gasteiger partial charge in [-0.25, -0.2) is 0 Å². The van der Waals surface area contributed by atoms with Crippen LogP contribution in [0.4, 0.5) is 0 Å². The Morgan fingerprint density at radius 3 is 2.32 bits per heavy atom. The van der Waals surface area contributed by atoms with Gasteiger partial charge >= 0.3 is 0 Å². The van der Waals surface area contributed by atoms with Gasteiger partial charge in [0.1, 0.15) is 0 Å². The molecular weight excluding hydrogens is 236 g/mol. The van der Waals surface area contributed by atoms with Crippen LogP contribution in [0.2, 0.25) is 0 Å². The lowest BCUT2D eigenvalue weighted by molar-refractivity contribution is 0.547. The normalized spacial score (nSPS) is 11.6. The smallest absolute Gasteiger partial charge is 0.253 e. The van der Waals surface area contributed by atoms with Gasteiger partial charge in [0.05, 0.1) is 0 Å². The van der Waals surface area contributed by atoms with Crippen molar-refractivity contribution in [2.24, 2.45) is 5.73 Å². The third kappa shape index (κ3) is 2.76. The Morgan fingerprint density at radius 1 is 1.11 bits per heavy atom. The van der Waals surface area contributed by atoms with Crippen molar-refractivity contribution in [2.45, 2.75) is 33.2 Å². The Hall–Kier alpha value is -1.87. The van der Waals surface area contributed by atoms with Crippen LogP contribution in [0, 0.1) is 13.8 Å². The lowest BCUT2D eigenvalue weighted by atomic mass is 9.96. The molecule has 3 nitrogen and oxygen atoms in total. The van der Waals surface area contributed by atoms with E-state index in [0.717, 1.165) is 16.8 Å². The molecule has 0 radical (unpaired) electrons.